The van der Waals surface area contributed by atoms with Gasteiger partial charge in [0.05, 0.1) is 0 Å². The minimum absolute atomic E-state index is 0.302. The molecular formula is C16H24O. The summed E-state index contributed by atoms with van der Waals surface area (Å²) in [4.78, 5) is 0. The minimum Gasteiger partial charge on any atom is -0.507 e. The summed E-state index contributed by atoms with van der Waals surface area (Å²) in [5.41, 5.74) is 1.90. The first-order chi connectivity index (χ1) is 8.24. The van der Waals surface area contributed by atoms with Gasteiger partial charge in [-0.2, -0.15) is 0 Å². The Kier molecular flexibility index (Phi) is 6.46. The molecule has 94 valence electrons. The normalized spacial score (nSPS) is 15.5. The number of aliphatic hydroxyl groups excluding tert-OH is 1. The molecule has 0 amide bonds. The predicted octanol–water partition coefficient (Wildman–Crippen LogP) is 5.23. The number of hydrogen-bond acceptors (Lipinski definition) is 1. The Hall–Kier alpha value is -1.24. The molecule has 0 radical (unpaired) electrons. The van der Waals surface area contributed by atoms with Gasteiger partial charge in [0.15, 0.2) is 0 Å². The van der Waals surface area contributed by atoms with E-state index in [2.05, 4.69) is 19.6 Å². The smallest absolute Gasteiger partial charge is 0.122 e. The second kappa shape index (κ2) is 7.94. The van der Waals surface area contributed by atoms with Crippen LogP contribution < -0.4 is 0 Å². The van der Waals surface area contributed by atoms with Crippen molar-refractivity contribution in [3.05, 3.63) is 47.8 Å². The van der Waals surface area contributed by atoms with Crippen LogP contribution in [0.2, 0.25) is 0 Å². The van der Waals surface area contributed by atoms with Crippen molar-refractivity contribution in [1.82, 2.24) is 0 Å². The van der Waals surface area contributed by atoms with Gasteiger partial charge >= 0.3 is 0 Å². The van der Waals surface area contributed by atoms with E-state index in [0.717, 1.165) is 6.42 Å². The fraction of sp³-hybridized carbons (Fsp3) is 0.500. The first-order valence-corrected chi connectivity index (χ1v) is 6.71. The Morgan fingerprint density at radius 2 is 1.82 bits per heavy atom. The fourth-order valence-electron chi connectivity index (χ4n) is 1.95. The lowest BCUT2D eigenvalue weighted by molar-refractivity contribution is 0.426. The van der Waals surface area contributed by atoms with Crippen molar-refractivity contribution < 1.29 is 5.11 Å². The molecule has 0 aromatic rings. The summed E-state index contributed by atoms with van der Waals surface area (Å²) in [5, 5.41) is 9.67. The lowest BCUT2D eigenvalue weighted by Crippen LogP contribution is -1.85. The molecule has 1 rings (SSSR count). The van der Waals surface area contributed by atoms with Crippen LogP contribution in [0, 0.1) is 0 Å². The second-order valence-corrected chi connectivity index (χ2v) is 4.67. The molecule has 1 heteroatoms. The highest BCUT2D eigenvalue weighted by Gasteiger charge is 2.02. The van der Waals surface area contributed by atoms with Crippen LogP contribution in [0.5, 0.6) is 0 Å². The molecule has 0 fully saturated rings. The van der Waals surface area contributed by atoms with Crippen LogP contribution in [-0.4, -0.2) is 5.11 Å². The van der Waals surface area contributed by atoms with Crippen molar-refractivity contribution in [3.63, 3.8) is 0 Å². The maximum absolute atomic E-state index is 9.67. The number of rotatable bonds is 7. The van der Waals surface area contributed by atoms with Crippen molar-refractivity contribution in [3.8, 4) is 0 Å². The van der Waals surface area contributed by atoms with E-state index in [-0.39, 0.29) is 0 Å². The van der Waals surface area contributed by atoms with Crippen LogP contribution in [0.1, 0.15) is 51.9 Å². The zero-order valence-electron chi connectivity index (χ0n) is 10.9. The molecule has 0 aromatic carbocycles. The third-order valence-electron chi connectivity index (χ3n) is 3.08. The Balaban J connectivity index is 2.25. The third kappa shape index (κ3) is 5.58. The van der Waals surface area contributed by atoms with Gasteiger partial charge in [0.2, 0.25) is 0 Å². The van der Waals surface area contributed by atoms with Crippen molar-refractivity contribution >= 4 is 0 Å². The van der Waals surface area contributed by atoms with E-state index < -0.39 is 0 Å². The molecule has 0 heterocycles. The monoisotopic (exact) mass is 232 g/mol. The molecular weight excluding hydrogens is 208 g/mol. The van der Waals surface area contributed by atoms with E-state index in [9.17, 15) is 5.11 Å². The Morgan fingerprint density at radius 3 is 2.59 bits per heavy atom. The van der Waals surface area contributed by atoms with Crippen LogP contribution in [-0.2, 0) is 0 Å². The van der Waals surface area contributed by atoms with Gasteiger partial charge in [0, 0.05) is 5.57 Å². The highest BCUT2D eigenvalue weighted by atomic mass is 16.3. The maximum Gasteiger partial charge on any atom is 0.122 e. The molecule has 1 nitrogen and oxygen atoms in total. The van der Waals surface area contributed by atoms with Crippen LogP contribution in [0.25, 0.3) is 0 Å². The van der Waals surface area contributed by atoms with E-state index in [1.165, 1.54) is 44.1 Å². The van der Waals surface area contributed by atoms with Crippen molar-refractivity contribution in [2.45, 2.75) is 51.9 Å². The summed E-state index contributed by atoms with van der Waals surface area (Å²) in [6.07, 6.45) is 16.6. The van der Waals surface area contributed by atoms with Gasteiger partial charge in [0.1, 0.15) is 5.76 Å². The summed E-state index contributed by atoms with van der Waals surface area (Å²) >= 11 is 0. The van der Waals surface area contributed by atoms with Crippen LogP contribution >= 0.6 is 0 Å². The SMILES string of the molecule is C=C1C=CC=C(CCCCCCCC)C=C1O. The average molecular weight is 232 g/mol. The summed E-state index contributed by atoms with van der Waals surface area (Å²) in [6, 6.07) is 0. The van der Waals surface area contributed by atoms with Crippen molar-refractivity contribution in [2.75, 3.05) is 0 Å². The number of allylic oxidation sites excluding steroid dienone is 5. The van der Waals surface area contributed by atoms with Gasteiger partial charge < -0.3 is 5.11 Å². The first kappa shape index (κ1) is 13.8. The minimum atomic E-state index is 0.302. The predicted molar refractivity (Wildman–Crippen MR) is 75.1 cm³/mol. The van der Waals surface area contributed by atoms with Crippen molar-refractivity contribution in [2.24, 2.45) is 0 Å². The summed E-state index contributed by atoms with van der Waals surface area (Å²) in [6.45, 7) is 6.02. The fourth-order valence-corrected chi connectivity index (χ4v) is 1.95. The largest absolute Gasteiger partial charge is 0.507 e. The Bertz CT molecular complexity index is 331. The van der Waals surface area contributed by atoms with Gasteiger partial charge in [-0.05, 0) is 24.5 Å². The van der Waals surface area contributed by atoms with E-state index in [1.807, 2.05) is 18.2 Å². The van der Waals surface area contributed by atoms with Gasteiger partial charge in [-0.1, -0.05) is 63.8 Å². The highest BCUT2D eigenvalue weighted by Crippen LogP contribution is 2.19. The summed E-state index contributed by atoms with van der Waals surface area (Å²) in [7, 11) is 0. The molecule has 0 aliphatic heterocycles. The average Bonchev–Trinajstić information content (AvgIpc) is 2.47. The molecule has 0 saturated heterocycles. The van der Waals surface area contributed by atoms with Crippen LogP contribution in [0.3, 0.4) is 0 Å². The number of unbranched alkanes of at least 4 members (excludes halogenated alkanes) is 5. The molecule has 0 aromatic heterocycles. The summed E-state index contributed by atoms with van der Waals surface area (Å²) in [5.74, 6) is 0.302. The van der Waals surface area contributed by atoms with Crippen LogP contribution in [0.15, 0.2) is 47.8 Å². The zero-order chi connectivity index (χ0) is 12.5. The molecule has 0 atom stereocenters. The Morgan fingerprint density at radius 1 is 1.12 bits per heavy atom. The number of hydrogen-bond donors (Lipinski definition) is 1. The highest BCUT2D eigenvalue weighted by molar-refractivity contribution is 5.42. The lowest BCUT2D eigenvalue weighted by Gasteiger charge is -2.03. The Labute approximate surface area is 105 Å². The van der Waals surface area contributed by atoms with Crippen molar-refractivity contribution in [1.29, 1.82) is 0 Å². The standard InChI is InChI=1S/C16H24O/c1-3-4-5-6-7-8-11-15-12-9-10-14(2)16(17)13-15/h9-10,12-13,17H,2-8,11H2,1H3. The molecule has 0 saturated carbocycles. The molecule has 0 bridgehead atoms. The van der Waals surface area contributed by atoms with Crippen LogP contribution in [0.4, 0.5) is 0 Å². The molecule has 1 aliphatic rings. The second-order valence-electron chi connectivity index (χ2n) is 4.67. The zero-order valence-corrected chi connectivity index (χ0v) is 10.9. The van der Waals surface area contributed by atoms with Gasteiger partial charge in [-0.25, -0.2) is 0 Å². The van der Waals surface area contributed by atoms with Gasteiger partial charge in [-0.15, -0.1) is 0 Å². The quantitative estimate of drug-likeness (QED) is 0.596. The van der Waals surface area contributed by atoms with Gasteiger partial charge in [-0.3, -0.25) is 0 Å². The van der Waals surface area contributed by atoms with E-state index in [1.54, 1.807) is 0 Å². The maximum atomic E-state index is 9.67. The molecule has 0 spiro atoms. The number of aliphatic hydroxyl groups is 1. The lowest BCUT2D eigenvalue weighted by atomic mass is 10.0. The molecule has 1 aliphatic carbocycles. The molecule has 17 heavy (non-hydrogen) atoms. The first-order valence-electron chi connectivity index (χ1n) is 6.71. The molecule has 0 unspecified atom stereocenters. The van der Waals surface area contributed by atoms with Gasteiger partial charge in [0.25, 0.3) is 0 Å². The van der Waals surface area contributed by atoms with E-state index in [4.69, 9.17) is 0 Å². The molecule has 1 N–H and O–H groups in total. The topological polar surface area (TPSA) is 20.2 Å². The van der Waals surface area contributed by atoms with E-state index in [0.29, 0.717) is 11.3 Å². The summed E-state index contributed by atoms with van der Waals surface area (Å²) < 4.78 is 0. The third-order valence-corrected chi connectivity index (χ3v) is 3.08. The van der Waals surface area contributed by atoms with E-state index >= 15 is 0 Å².